The number of halogens is 1. The van der Waals surface area contributed by atoms with E-state index in [-0.39, 0.29) is 19.0 Å². The SMILES string of the molecule is Cc1nc2cc(Cl)ccc2c2c1O[C@@]1(CC2)CN2C(=O)[C@@H](N(C(=O)O)C3CC3)CCCCC/C=C\[C@@H]3C[C@@]3(C(=O)NS(=O)(=O)C3(C)CC3)NC(=O)[C@@H]2C1C. The number of pyridine rings is 1. The second-order valence-corrected chi connectivity index (χ2v) is 19.3. The number of ether oxygens (including phenoxy) is 1. The van der Waals surface area contributed by atoms with E-state index >= 15 is 0 Å². The Balaban J connectivity index is 1.18. The topological polar surface area (TPSA) is 175 Å². The Hall–Kier alpha value is -3.91. The van der Waals surface area contributed by atoms with Crippen molar-refractivity contribution in [3.05, 3.63) is 46.6 Å². The number of sulfonamides is 1. The summed E-state index contributed by atoms with van der Waals surface area (Å²) in [5.74, 6) is -2.32. The standard InChI is InChI=1S/C39H48ClN5O8S/c1-22-31-33(46)42-39(35(48)43-54(51,52)37(3)17-18-37)20-24(39)9-7-5-4-6-8-10-30(45(36(49)50)26-12-13-26)34(47)44(31)21-38(22)16-15-28-27-14-11-25(40)19-29(27)41-23(2)32(28)53-38/h7,9,11,14,19,22,24,26,30-31H,4-6,8,10,12-13,15-18,20-21H2,1-3H3,(H,42,46)(H,43,48)(H,49,50)/b9-7-/t22?,24-,30+,31+,38+,39-/m1/s1. The lowest BCUT2D eigenvalue weighted by molar-refractivity contribution is -0.144. The molecule has 6 aliphatic rings. The molecule has 1 saturated heterocycles. The Morgan fingerprint density at radius 3 is 2.59 bits per heavy atom. The molecule has 1 spiro atoms. The van der Waals surface area contributed by atoms with Crippen molar-refractivity contribution in [3.63, 3.8) is 0 Å². The lowest BCUT2D eigenvalue weighted by Gasteiger charge is -2.39. The lowest BCUT2D eigenvalue weighted by atomic mass is 9.80. The molecule has 4 amide bonds. The average Bonchev–Trinajstić information content (AvgIpc) is 4.04. The third-order valence-corrected chi connectivity index (χ3v) is 15.4. The number of hydrogen-bond donors (Lipinski definition) is 3. The van der Waals surface area contributed by atoms with Crippen LogP contribution in [0.3, 0.4) is 0 Å². The Bertz CT molecular complexity index is 2090. The molecule has 4 heterocycles. The second kappa shape index (κ2) is 13.1. The van der Waals surface area contributed by atoms with Crippen LogP contribution in [0.2, 0.25) is 5.02 Å². The van der Waals surface area contributed by atoms with Crippen molar-refractivity contribution < 1.29 is 37.4 Å². The van der Waals surface area contributed by atoms with E-state index in [1.54, 1.807) is 13.0 Å². The molecule has 8 rings (SSSR count). The predicted octanol–water partition coefficient (Wildman–Crippen LogP) is 5.01. The van der Waals surface area contributed by atoms with Crippen LogP contribution in [0, 0.1) is 18.8 Å². The number of nitrogens with zero attached hydrogens (tertiary/aromatic N) is 3. The third kappa shape index (κ3) is 6.21. The van der Waals surface area contributed by atoms with Crippen LogP contribution in [-0.2, 0) is 30.8 Å². The van der Waals surface area contributed by atoms with Crippen molar-refractivity contribution in [2.45, 2.75) is 132 Å². The third-order valence-electron chi connectivity index (χ3n) is 13.0. The number of fused-ring (bicyclic) bond motifs is 5. The molecule has 15 heteroatoms. The summed E-state index contributed by atoms with van der Waals surface area (Å²) in [5, 5.41) is 14.9. The molecule has 4 fully saturated rings. The van der Waals surface area contributed by atoms with Gasteiger partial charge in [0, 0.05) is 33.8 Å². The molecule has 1 aromatic heterocycles. The number of rotatable bonds is 5. The molecule has 0 radical (unpaired) electrons. The van der Waals surface area contributed by atoms with Gasteiger partial charge in [0.15, 0.2) is 0 Å². The smallest absolute Gasteiger partial charge is 0.408 e. The largest absolute Gasteiger partial charge is 0.483 e. The highest BCUT2D eigenvalue weighted by molar-refractivity contribution is 7.91. The number of carbonyl (C=O) groups excluding carboxylic acids is 3. The number of hydrogen-bond acceptors (Lipinski definition) is 8. The fraction of sp³-hybridized carbons (Fsp3) is 0.615. The summed E-state index contributed by atoms with van der Waals surface area (Å²) in [6.07, 6.45) is 9.26. The quantitative estimate of drug-likeness (QED) is 0.352. The molecule has 0 bridgehead atoms. The van der Waals surface area contributed by atoms with Gasteiger partial charge in [-0.1, -0.05) is 49.6 Å². The van der Waals surface area contributed by atoms with E-state index < -0.39 is 73.6 Å². The summed E-state index contributed by atoms with van der Waals surface area (Å²) in [6.45, 7) is 5.33. The minimum Gasteiger partial charge on any atom is -0.483 e. The highest BCUT2D eigenvalue weighted by Crippen LogP contribution is 2.50. The molecule has 6 atom stereocenters. The summed E-state index contributed by atoms with van der Waals surface area (Å²) in [5.41, 5.74) is -0.222. The van der Waals surface area contributed by atoms with Crippen LogP contribution in [0.5, 0.6) is 5.75 Å². The first-order valence-electron chi connectivity index (χ1n) is 19.2. The summed E-state index contributed by atoms with van der Waals surface area (Å²) in [6, 6.07) is 3.12. The molecule has 3 N–H and O–H groups in total. The number of aromatic nitrogens is 1. The molecule has 54 heavy (non-hydrogen) atoms. The fourth-order valence-electron chi connectivity index (χ4n) is 9.07. The molecular formula is C39H48ClN5O8S. The molecule has 3 saturated carbocycles. The van der Waals surface area contributed by atoms with Gasteiger partial charge in [-0.25, -0.2) is 18.2 Å². The van der Waals surface area contributed by atoms with Gasteiger partial charge in [0.25, 0.3) is 5.91 Å². The lowest BCUT2D eigenvalue weighted by Crippen LogP contribution is -2.60. The molecular weight excluding hydrogens is 734 g/mol. The monoisotopic (exact) mass is 781 g/mol. The first-order chi connectivity index (χ1) is 25.6. The van der Waals surface area contributed by atoms with E-state index in [4.69, 9.17) is 21.3 Å². The van der Waals surface area contributed by atoms with E-state index in [2.05, 4.69) is 10.0 Å². The number of allylic oxidation sites excluding steroid dienone is 1. The summed E-state index contributed by atoms with van der Waals surface area (Å²) < 4.78 is 34.7. The Labute approximate surface area is 320 Å². The molecule has 13 nitrogen and oxygen atoms in total. The normalized spacial score (nSPS) is 32.6. The number of aryl methyl sites for hydroxylation is 2. The van der Waals surface area contributed by atoms with Crippen LogP contribution in [0.1, 0.15) is 95.7 Å². The predicted molar refractivity (Wildman–Crippen MR) is 200 cm³/mol. The van der Waals surface area contributed by atoms with Crippen molar-refractivity contribution in [1.29, 1.82) is 0 Å². The molecule has 1 unspecified atom stereocenters. The molecule has 1 aromatic carbocycles. The van der Waals surface area contributed by atoms with Crippen molar-refractivity contribution in [3.8, 4) is 5.75 Å². The second-order valence-electron chi connectivity index (χ2n) is 16.7. The van der Waals surface area contributed by atoms with Crippen LogP contribution < -0.4 is 14.8 Å². The van der Waals surface area contributed by atoms with Crippen LogP contribution in [0.25, 0.3) is 10.9 Å². The van der Waals surface area contributed by atoms with Crippen molar-refractivity contribution in [1.82, 2.24) is 24.8 Å². The minimum absolute atomic E-state index is 0.0203. The van der Waals surface area contributed by atoms with Crippen LogP contribution in [0.4, 0.5) is 4.79 Å². The van der Waals surface area contributed by atoms with Gasteiger partial charge in [0.2, 0.25) is 21.8 Å². The highest BCUT2D eigenvalue weighted by atomic mass is 35.5. The van der Waals surface area contributed by atoms with Gasteiger partial charge >= 0.3 is 6.09 Å². The van der Waals surface area contributed by atoms with Crippen LogP contribution >= 0.6 is 11.6 Å². The van der Waals surface area contributed by atoms with Gasteiger partial charge < -0.3 is 20.1 Å². The van der Waals surface area contributed by atoms with Gasteiger partial charge in [-0.3, -0.25) is 24.0 Å². The van der Waals surface area contributed by atoms with E-state index in [0.29, 0.717) is 74.3 Å². The fourth-order valence-corrected chi connectivity index (χ4v) is 10.5. The maximum Gasteiger partial charge on any atom is 0.408 e. The number of amides is 4. The average molecular weight is 782 g/mol. The Kier molecular flexibility index (Phi) is 8.99. The zero-order valence-electron chi connectivity index (χ0n) is 30.9. The van der Waals surface area contributed by atoms with Crippen LogP contribution in [-0.4, -0.2) is 92.7 Å². The highest BCUT2D eigenvalue weighted by Gasteiger charge is 2.65. The molecule has 290 valence electrons. The van der Waals surface area contributed by atoms with E-state index in [1.807, 2.05) is 38.1 Å². The van der Waals surface area contributed by atoms with E-state index in [9.17, 15) is 32.7 Å². The van der Waals surface area contributed by atoms with Gasteiger partial charge in [0.05, 0.1) is 22.5 Å². The zero-order valence-corrected chi connectivity index (χ0v) is 32.5. The first-order valence-corrected chi connectivity index (χ1v) is 21.1. The maximum atomic E-state index is 15.0. The van der Waals surface area contributed by atoms with Crippen LogP contribution in [0.15, 0.2) is 30.4 Å². The number of benzene rings is 1. The van der Waals surface area contributed by atoms with E-state index in [1.165, 1.54) is 9.80 Å². The van der Waals surface area contributed by atoms with E-state index in [0.717, 1.165) is 29.3 Å². The summed E-state index contributed by atoms with van der Waals surface area (Å²) >= 11 is 6.29. The van der Waals surface area contributed by atoms with Crippen molar-refractivity contribution >= 4 is 56.3 Å². The molecule has 3 aliphatic heterocycles. The summed E-state index contributed by atoms with van der Waals surface area (Å²) in [4.78, 5) is 64.1. The van der Waals surface area contributed by atoms with Gasteiger partial charge in [-0.05, 0) is 90.2 Å². The first kappa shape index (κ1) is 37.0. The minimum atomic E-state index is -4.00. The van der Waals surface area contributed by atoms with Gasteiger partial charge in [0.1, 0.15) is 29.0 Å². The molecule has 3 aliphatic carbocycles. The Morgan fingerprint density at radius 1 is 1.13 bits per heavy atom. The molecule has 2 aromatic rings. The number of nitrogens with one attached hydrogen (secondary N) is 2. The maximum absolute atomic E-state index is 15.0. The number of carboxylic acid groups (broad SMARTS) is 1. The van der Waals surface area contributed by atoms with Crippen molar-refractivity contribution in [2.75, 3.05) is 6.54 Å². The summed E-state index contributed by atoms with van der Waals surface area (Å²) in [7, 11) is -4.00. The van der Waals surface area contributed by atoms with Gasteiger partial charge in [-0.2, -0.15) is 0 Å². The van der Waals surface area contributed by atoms with Crippen molar-refractivity contribution in [2.24, 2.45) is 11.8 Å². The number of carbonyl (C=O) groups is 4. The zero-order chi connectivity index (χ0) is 38.4. The Morgan fingerprint density at radius 2 is 1.89 bits per heavy atom. The van der Waals surface area contributed by atoms with Gasteiger partial charge in [-0.15, -0.1) is 0 Å².